The highest BCUT2D eigenvalue weighted by molar-refractivity contribution is 6.16. The van der Waals surface area contributed by atoms with E-state index in [4.69, 9.17) is 20.9 Å². The summed E-state index contributed by atoms with van der Waals surface area (Å²) >= 11 is 6.01. The minimum Gasteiger partial charge on any atom is -0.492 e. The van der Waals surface area contributed by atoms with Crippen LogP contribution in [0.2, 0.25) is 0 Å². The molecule has 3 rings (SSSR count). The maximum Gasteiger partial charge on any atom is 0.246 e. The van der Waals surface area contributed by atoms with Crippen molar-refractivity contribution in [3.05, 3.63) is 35.7 Å². The molecule has 0 aliphatic rings. The number of aryl methyl sites for hydroxylation is 1. The van der Waals surface area contributed by atoms with Crippen LogP contribution in [0.25, 0.3) is 11.0 Å². The molecule has 0 radical (unpaired) electrons. The number of imidazole rings is 1. The fourth-order valence-electron chi connectivity index (χ4n) is 2.26. The van der Waals surface area contributed by atoms with Gasteiger partial charge in [0.15, 0.2) is 5.82 Å². The Labute approximate surface area is 126 Å². The molecule has 0 saturated heterocycles. The van der Waals surface area contributed by atoms with Crippen LogP contribution < -0.4 is 4.74 Å². The van der Waals surface area contributed by atoms with E-state index in [9.17, 15) is 0 Å². The van der Waals surface area contributed by atoms with Gasteiger partial charge in [0.05, 0.1) is 18.0 Å². The quantitative estimate of drug-likeness (QED) is 0.678. The molecule has 0 unspecified atom stereocenters. The molecule has 0 fully saturated rings. The lowest BCUT2D eigenvalue weighted by atomic mass is 10.3. The first-order valence-electron chi connectivity index (χ1n) is 6.69. The topological polar surface area (TPSA) is 66.0 Å². The summed E-state index contributed by atoms with van der Waals surface area (Å²) < 4.78 is 12.8. The number of hydrogen-bond donors (Lipinski definition) is 0. The highest BCUT2D eigenvalue weighted by Crippen LogP contribution is 2.27. The van der Waals surface area contributed by atoms with E-state index in [1.807, 2.05) is 29.7 Å². The molecule has 6 nitrogen and oxygen atoms in total. The smallest absolute Gasteiger partial charge is 0.246 e. The average molecular weight is 307 g/mol. The number of halogens is 1. The second kappa shape index (κ2) is 5.73. The van der Waals surface area contributed by atoms with E-state index in [0.717, 1.165) is 22.6 Å². The van der Waals surface area contributed by atoms with Gasteiger partial charge in [0.2, 0.25) is 5.89 Å². The van der Waals surface area contributed by atoms with Crippen molar-refractivity contribution in [1.82, 2.24) is 19.7 Å². The number of nitrogens with zero attached hydrogens (tertiary/aromatic N) is 4. The SMILES string of the molecule is CCOc1cccc2c1nc(CCl)n2Cc1nc(C)no1. The van der Waals surface area contributed by atoms with Crippen LogP contribution in [0.5, 0.6) is 5.75 Å². The van der Waals surface area contributed by atoms with E-state index in [1.165, 1.54) is 0 Å². The van der Waals surface area contributed by atoms with E-state index in [-0.39, 0.29) is 0 Å². The Morgan fingerprint density at radius 1 is 1.33 bits per heavy atom. The van der Waals surface area contributed by atoms with Crippen molar-refractivity contribution in [2.45, 2.75) is 26.3 Å². The minimum absolute atomic E-state index is 0.299. The third-order valence-corrected chi connectivity index (χ3v) is 3.34. The molecule has 0 saturated carbocycles. The van der Waals surface area contributed by atoms with Gasteiger partial charge in [-0.2, -0.15) is 4.98 Å². The molecule has 3 aromatic rings. The Hall–Kier alpha value is -2.08. The molecule has 7 heteroatoms. The maximum atomic E-state index is 6.01. The number of ether oxygens (including phenoxy) is 1. The number of hydrogen-bond acceptors (Lipinski definition) is 5. The molecule has 0 atom stereocenters. The molecule has 0 bridgehead atoms. The number of benzene rings is 1. The molecule has 1 aromatic carbocycles. The Morgan fingerprint density at radius 3 is 2.86 bits per heavy atom. The Balaban J connectivity index is 2.09. The lowest BCUT2D eigenvalue weighted by Gasteiger charge is -2.05. The number of alkyl halides is 1. The van der Waals surface area contributed by atoms with Crippen molar-refractivity contribution < 1.29 is 9.26 Å². The minimum atomic E-state index is 0.299. The van der Waals surface area contributed by atoms with Crippen molar-refractivity contribution in [1.29, 1.82) is 0 Å². The van der Waals surface area contributed by atoms with Crippen LogP contribution in [-0.2, 0) is 12.4 Å². The fourth-order valence-corrected chi connectivity index (χ4v) is 2.46. The highest BCUT2D eigenvalue weighted by Gasteiger charge is 2.16. The Kier molecular flexibility index (Phi) is 3.79. The number of rotatable bonds is 5. The second-order valence-corrected chi connectivity index (χ2v) is 4.81. The van der Waals surface area contributed by atoms with Gasteiger partial charge in [-0.25, -0.2) is 4.98 Å². The lowest BCUT2D eigenvalue weighted by Crippen LogP contribution is -2.04. The second-order valence-electron chi connectivity index (χ2n) is 4.54. The summed E-state index contributed by atoms with van der Waals surface area (Å²) in [5.41, 5.74) is 1.73. The Bertz CT molecular complexity index is 766. The van der Waals surface area contributed by atoms with Gasteiger partial charge in [-0.15, -0.1) is 11.6 Å². The number of aromatic nitrogens is 4. The molecular weight excluding hydrogens is 292 g/mol. The first kappa shape index (κ1) is 13.9. The van der Waals surface area contributed by atoms with Gasteiger partial charge >= 0.3 is 0 Å². The summed E-state index contributed by atoms with van der Waals surface area (Å²) in [6.45, 7) is 4.76. The van der Waals surface area contributed by atoms with Crippen LogP contribution >= 0.6 is 11.6 Å². The monoisotopic (exact) mass is 306 g/mol. The van der Waals surface area contributed by atoms with Gasteiger partial charge in [-0.1, -0.05) is 11.2 Å². The van der Waals surface area contributed by atoms with E-state index in [2.05, 4.69) is 15.1 Å². The summed E-state index contributed by atoms with van der Waals surface area (Å²) in [6.07, 6.45) is 0. The number of fused-ring (bicyclic) bond motifs is 1. The zero-order chi connectivity index (χ0) is 14.8. The highest BCUT2D eigenvalue weighted by atomic mass is 35.5. The largest absolute Gasteiger partial charge is 0.492 e. The van der Waals surface area contributed by atoms with Crippen LogP contribution in [0.4, 0.5) is 0 Å². The molecule has 0 spiro atoms. The summed E-state index contributed by atoms with van der Waals surface area (Å²) in [5.74, 6) is 2.93. The summed E-state index contributed by atoms with van der Waals surface area (Å²) in [6, 6.07) is 5.81. The standard InChI is InChI=1S/C14H15ClN4O2/c1-3-20-11-6-4-5-10-14(11)17-12(7-15)19(10)8-13-16-9(2)18-21-13/h4-6H,3,7-8H2,1-2H3. The third kappa shape index (κ3) is 2.58. The van der Waals surface area contributed by atoms with Gasteiger partial charge in [-0.05, 0) is 26.0 Å². The molecule has 2 heterocycles. The molecular formula is C14H15ClN4O2. The van der Waals surface area contributed by atoms with E-state index < -0.39 is 0 Å². The predicted molar refractivity (Wildman–Crippen MR) is 78.6 cm³/mol. The number of para-hydroxylation sites is 1. The van der Waals surface area contributed by atoms with Crippen molar-refractivity contribution in [3.8, 4) is 5.75 Å². The van der Waals surface area contributed by atoms with Crippen LogP contribution in [0.1, 0.15) is 24.5 Å². The maximum absolute atomic E-state index is 6.01. The van der Waals surface area contributed by atoms with Gasteiger partial charge in [-0.3, -0.25) is 0 Å². The molecule has 2 aromatic heterocycles. The van der Waals surface area contributed by atoms with Gasteiger partial charge < -0.3 is 13.8 Å². The zero-order valence-corrected chi connectivity index (χ0v) is 12.6. The van der Waals surface area contributed by atoms with E-state index in [0.29, 0.717) is 30.7 Å². The van der Waals surface area contributed by atoms with Crippen LogP contribution in [0, 0.1) is 6.92 Å². The normalized spacial score (nSPS) is 11.2. The molecule has 0 aliphatic carbocycles. The zero-order valence-electron chi connectivity index (χ0n) is 11.8. The lowest BCUT2D eigenvalue weighted by molar-refractivity contribution is 0.343. The van der Waals surface area contributed by atoms with Crippen molar-refractivity contribution in [2.24, 2.45) is 0 Å². The van der Waals surface area contributed by atoms with E-state index in [1.54, 1.807) is 6.92 Å². The first-order chi connectivity index (χ1) is 10.2. The molecule has 0 aliphatic heterocycles. The fraction of sp³-hybridized carbons (Fsp3) is 0.357. The first-order valence-corrected chi connectivity index (χ1v) is 7.22. The average Bonchev–Trinajstić information content (AvgIpc) is 3.05. The molecule has 0 N–H and O–H groups in total. The van der Waals surface area contributed by atoms with Crippen LogP contribution in [0.15, 0.2) is 22.7 Å². The molecule has 0 amide bonds. The summed E-state index contributed by atoms with van der Waals surface area (Å²) in [7, 11) is 0. The molecule has 21 heavy (non-hydrogen) atoms. The third-order valence-electron chi connectivity index (χ3n) is 3.10. The van der Waals surface area contributed by atoms with Crippen LogP contribution in [0.3, 0.4) is 0 Å². The van der Waals surface area contributed by atoms with Gasteiger partial charge in [0, 0.05) is 0 Å². The van der Waals surface area contributed by atoms with Crippen LogP contribution in [-0.4, -0.2) is 26.3 Å². The predicted octanol–water partition coefficient (Wildman–Crippen LogP) is 2.91. The van der Waals surface area contributed by atoms with Gasteiger partial charge in [0.25, 0.3) is 0 Å². The molecule has 110 valence electrons. The van der Waals surface area contributed by atoms with Crippen molar-refractivity contribution >= 4 is 22.6 Å². The summed E-state index contributed by atoms with van der Waals surface area (Å²) in [4.78, 5) is 8.79. The summed E-state index contributed by atoms with van der Waals surface area (Å²) in [5, 5.41) is 3.80. The van der Waals surface area contributed by atoms with Crippen molar-refractivity contribution in [2.75, 3.05) is 6.61 Å². The van der Waals surface area contributed by atoms with E-state index >= 15 is 0 Å². The van der Waals surface area contributed by atoms with Gasteiger partial charge in [0.1, 0.15) is 23.6 Å². The Morgan fingerprint density at radius 2 is 2.19 bits per heavy atom. The van der Waals surface area contributed by atoms with Crippen molar-refractivity contribution in [3.63, 3.8) is 0 Å².